The summed E-state index contributed by atoms with van der Waals surface area (Å²) in [5.74, 6) is 0. The zero-order chi connectivity index (χ0) is 6.41. The SMILES string of the molecule is CCN(CC)N=[N+]=[N-].[H-].[Li+]. The molecule has 0 saturated carbocycles. The Morgan fingerprint density at radius 1 is 1.56 bits per heavy atom. The molecule has 4 nitrogen and oxygen atoms in total. The largest absolute Gasteiger partial charge is 1.00 e. The first kappa shape index (κ1) is 11.5. The van der Waals surface area contributed by atoms with Gasteiger partial charge in [0, 0.05) is 0 Å². The molecule has 0 aromatic heterocycles. The van der Waals surface area contributed by atoms with E-state index in [0.29, 0.717) is 0 Å². The number of hydrogen-bond acceptors (Lipinski definition) is 1. The molecule has 0 aliphatic carbocycles. The summed E-state index contributed by atoms with van der Waals surface area (Å²) in [5.41, 5.74) is 7.92. The summed E-state index contributed by atoms with van der Waals surface area (Å²) in [6.45, 7) is 5.44. The van der Waals surface area contributed by atoms with E-state index in [4.69, 9.17) is 5.53 Å². The van der Waals surface area contributed by atoms with Crippen LogP contribution >= 0.6 is 0 Å². The summed E-state index contributed by atoms with van der Waals surface area (Å²) >= 11 is 0. The van der Waals surface area contributed by atoms with E-state index in [9.17, 15) is 0 Å². The van der Waals surface area contributed by atoms with E-state index >= 15 is 0 Å². The zero-order valence-corrected chi connectivity index (χ0v) is 6.20. The minimum atomic E-state index is 0. The summed E-state index contributed by atoms with van der Waals surface area (Å²) in [6, 6.07) is 0. The van der Waals surface area contributed by atoms with E-state index in [1.54, 1.807) is 5.01 Å². The van der Waals surface area contributed by atoms with Crippen molar-refractivity contribution in [3.05, 3.63) is 10.4 Å². The third-order valence-corrected chi connectivity index (χ3v) is 0.897. The van der Waals surface area contributed by atoms with Crippen molar-refractivity contribution in [1.82, 2.24) is 5.01 Å². The van der Waals surface area contributed by atoms with Crippen molar-refractivity contribution in [2.45, 2.75) is 13.8 Å². The summed E-state index contributed by atoms with van der Waals surface area (Å²) in [5, 5.41) is 5.01. The fourth-order valence-corrected chi connectivity index (χ4v) is 0.407. The van der Waals surface area contributed by atoms with Crippen LogP contribution in [0.1, 0.15) is 15.3 Å². The van der Waals surface area contributed by atoms with E-state index in [1.807, 2.05) is 13.8 Å². The molecular weight excluding hydrogens is 111 g/mol. The summed E-state index contributed by atoms with van der Waals surface area (Å²) in [4.78, 5) is 2.63. The van der Waals surface area contributed by atoms with Gasteiger partial charge in [0.1, 0.15) is 0 Å². The Kier molecular flexibility index (Phi) is 9.85. The maximum atomic E-state index is 7.92. The van der Waals surface area contributed by atoms with Crippen molar-refractivity contribution in [2.75, 3.05) is 13.1 Å². The number of azide groups is 1. The van der Waals surface area contributed by atoms with Gasteiger partial charge in [0.2, 0.25) is 0 Å². The molecule has 0 bridgehead atoms. The molecule has 0 aliphatic rings. The Labute approximate surface area is 68.5 Å². The Morgan fingerprint density at radius 2 is 2.00 bits per heavy atom. The van der Waals surface area contributed by atoms with Gasteiger partial charge in [-0.15, -0.1) is 5.53 Å². The van der Waals surface area contributed by atoms with Crippen molar-refractivity contribution < 1.29 is 20.3 Å². The van der Waals surface area contributed by atoms with Crippen LogP contribution in [0, 0.1) is 0 Å². The van der Waals surface area contributed by atoms with Crippen LogP contribution < -0.4 is 18.9 Å². The molecule has 0 rings (SSSR count). The van der Waals surface area contributed by atoms with Gasteiger partial charge in [0.15, 0.2) is 0 Å². The molecule has 5 heteroatoms. The Hall–Kier alpha value is -0.293. The predicted octanol–water partition coefficient (Wildman–Crippen LogP) is -1.33. The molecule has 0 fully saturated rings. The summed E-state index contributed by atoms with van der Waals surface area (Å²) < 4.78 is 0. The van der Waals surface area contributed by atoms with Crippen LogP contribution in [0.3, 0.4) is 0 Å². The average molecular weight is 122 g/mol. The van der Waals surface area contributed by atoms with Gasteiger partial charge in [-0.3, -0.25) is 0 Å². The second-order valence-corrected chi connectivity index (χ2v) is 1.32. The third-order valence-electron chi connectivity index (χ3n) is 0.897. The van der Waals surface area contributed by atoms with Crippen LogP contribution in [0.15, 0.2) is 5.22 Å². The molecule has 0 aromatic rings. The molecular formula is C4H11LiN4. The zero-order valence-electron chi connectivity index (χ0n) is 7.20. The number of hydrogen-bond donors (Lipinski definition) is 0. The van der Waals surface area contributed by atoms with Crippen LogP contribution in [-0.4, -0.2) is 18.1 Å². The maximum Gasteiger partial charge on any atom is 1.00 e. The van der Waals surface area contributed by atoms with Crippen molar-refractivity contribution in [2.24, 2.45) is 5.22 Å². The summed E-state index contributed by atoms with van der Waals surface area (Å²) in [6.07, 6.45) is 0. The van der Waals surface area contributed by atoms with E-state index in [2.05, 4.69) is 10.1 Å². The number of nitrogens with zero attached hydrogens (tertiary/aromatic N) is 4. The maximum absolute atomic E-state index is 7.92. The fraction of sp³-hybridized carbons (Fsp3) is 1.00. The molecule has 0 spiro atoms. The Bertz CT molecular complexity index is 99.4. The standard InChI is InChI=1S/C4H10N4.Li.H/c1-3-8(4-2)7-6-5;;/h3-4H2,1-2H3;;/q;+1;-1. The first-order valence-corrected chi connectivity index (χ1v) is 2.65. The van der Waals surface area contributed by atoms with Crippen molar-refractivity contribution in [3.63, 3.8) is 0 Å². The van der Waals surface area contributed by atoms with E-state index in [0.717, 1.165) is 13.1 Å². The van der Waals surface area contributed by atoms with Crippen molar-refractivity contribution >= 4 is 0 Å². The van der Waals surface area contributed by atoms with Gasteiger partial charge in [-0.1, -0.05) is 0 Å². The molecule has 0 amide bonds. The molecule has 0 radical (unpaired) electrons. The molecule has 0 unspecified atom stereocenters. The van der Waals surface area contributed by atoms with Crippen LogP contribution in [0.4, 0.5) is 0 Å². The van der Waals surface area contributed by atoms with Gasteiger partial charge < -0.3 is 1.43 Å². The second kappa shape index (κ2) is 7.71. The van der Waals surface area contributed by atoms with Crippen LogP contribution in [0.2, 0.25) is 0 Å². The van der Waals surface area contributed by atoms with Gasteiger partial charge in [0.05, 0.1) is 13.1 Å². The van der Waals surface area contributed by atoms with E-state index in [1.165, 1.54) is 0 Å². The molecule has 0 saturated heterocycles. The van der Waals surface area contributed by atoms with Gasteiger partial charge >= 0.3 is 18.9 Å². The van der Waals surface area contributed by atoms with Gasteiger partial charge in [-0.2, -0.15) is 4.91 Å². The Morgan fingerprint density at radius 3 is 2.11 bits per heavy atom. The van der Waals surface area contributed by atoms with E-state index in [-0.39, 0.29) is 20.3 Å². The van der Waals surface area contributed by atoms with Crippen molar-refractivity contribution in [3.8, 4) is 0 Å². The predicted molar refractivity (Wildman–Crippen MR) is 33.2 cm³/mol. The van der Waals surface area contributed by atoms with Gasteiger partial charge in [-0.25, -0.2) is 5.01 Å². The van der Waals surface area contributed by atoms with Crippen LogP contribution in [-0.2, 0) is 0 Å². The Balaban J connectivity index is -0.000000245. The van der Waals surface area contributed by atoms with Gasteiger partial charge in [0.25, 0.3) is 0 Å². The van der Waals surface area contributed by atoms with Gasteiger partial charge in [-0.05, 0) is 19.1 Å². The minimum absolute atomic E-state index is 0. The number of rotatable bonds is 3. The quantitative estimate of drug-likeness (QED) is 0.150. The normalized spacial score (nSPS) is 6.89. The fourth-order valence-electron chi connectivity index (χ4n) is 0.407. The molecule has 0 atom stereocenters. The smallest absolute Gasteiger partial charge is 1.00 e. The molecule has 0 aliphatic heterocycles. The second-order valence-electron chi connectivity index (χ2n) is 1.32. The monoisotopic (exact) mass is 122 g/mol. The first-order chi connectivity index (χ1) is 3.85. The molecule has 9 heavy (non-hydrogen) atoms. The molecule has 0 aromatic carbocycles. The molecule has 0 heterocycles. The van der Waals surface area contributed by atoms with E-state index < -0.39 is 0 Å². The summed E-state index contributed by atoms with van der Waals surface area (Å²) in [7, 11) is 0. The molecule has 48 valence electrons. The molecule has 0 N–H and O–H groups in total. The van der Waals surface area contributed by atoms with Crippen LogP contribution in [0.25, 0.3) is 10.4 Å². The van der Waals surface area contributed by atoms with Crippen LogP contribution in [0.5, 0.6) is 0 Å². The average Bonchev–Trinajstić information content (AvgIpc) is 1.83. The topological polar surface area (TPSA) is 52.0 Å². The third kappa shape index (κ3) is 5.58. The first-order valence-electron chi connectivity index (χ1n) is 2.65. The van der Waals surface area contributed by atoms with Crippen molar-refractivity contribution in [1.29, 1.82) is 0 Å². The minimum Gasteiger partial charge on any atom is -1.00 e.